The molecule has 0 saturated carbocycles. The van der Waals surface area contributed by atoms with Crippen LogP contribution < -0.4 is 10.6 Å². The average molecular weight is 557 g/mol. The lowest BCUT2D eigenvalue weighted by atomic mass is 9.89. The number of halogens is 1. The molecule has 1 fully saturated rings. The van der Waals surface area contributed by atoms with Crippen LogP contribution >= 0.6 is 35.3 Å². The van der Waals surface area contributed by atoms with Gasteiger partial charge in [0.05, 0.1) is 12.6 Å². The van der Waals surface area contributed by atoms with Crippen molar-refractivity contribution in [2.45, 2.75) is 32.4 Å². The molecule has 2 aromatic rings. The minimum atomic E-state index is -0.0224. The van der Waals surface area contributed by atoms with Crippen molar-refractivity contribution in [1.29, 1.82) is 0 Å². The number of nitrogens with one attached hydrogen (secondary N) is 2. The third-order valence-electron chi connectivity index (χ3n) is 5.26. The van der Waals surface area contributed by atoms with Crippen molar-refractivity contribution >= 4 is 47.2 Å². The number of aryl methyl sites for hydroxylation is 1. The topological polar surface area (TPSA) is 66.0 Å². The first-order valence-corrected chi connectivity index (χ1v) is 11.3. The number of thiophene rings is 1. The molecule has 0 aliphatic carbocycles. The van der Waals surface area contributed by atoms with Crippen molar-refractivity contribution in [1.82, 2.24) is 15.5 Å². The molecule has 1 amide bonds. The van der Waals surface area contributed by atoms with Crippen LogP contribution in [0, 0.1) is 12.8 Å². The number of hydrogen-bond donors (Lipinski definition) is 2. The predicted octanol–water partition coefficient (Wildman–Crippen LogP) is 3.97. The third kappa shape index (κ3) is 8.08. The van der Waals surface area contributed by atoms with E-state index in [1.54, 1.807) is 30.3 Å². The summed E-state index contributed by atoms with van der Waals surface area (Å²) in [5, 5.41) is 8.86. The van der Waals surface area contributed by atoms with Crippen LogP contribution in [-0.4, -0.2) is 50.6 Å². The Kier molecular flexibility index (Phi) is 10.8. The normalized spacial score (nSPS) is 18.7. The Morgan fingerprint density at radius 1 is 1.23 bits per heavy atom. The minimum Gasteiger partial charge on any atom is -0.373 e. The van der Waals surface area contributed by atoms with Gasteiger partial charge in [0, 0.05) is 38.0 Å². The standard InChI is InChI=1S/C23H32N4O2S.HI/c1-17-8-10-18(11-9-17)22-19(6-4-12-29-22)14-24-23(26-16-21(28)27(2)3)25-15-20-7-5-13-30-20;/h5,7-11,13,19,22H,4,6,12,14-16H2,1-3H3,(H2,24,25,26);1H. The summed E-state index contributed by atoms with van der Waals surface area (Å²) in [6.45, 7) is 4.44. The summed E-state index contributed by atoms with van der Waals surface area (Å²) in [5.74, 6) is 0.984. The fraction of sp³-hybridized carbons (Fsp3) is 0.478. The maximum absolute atomic E-state index is 12.0. The highest BCUT2D eigenvalue weighted by atomic mass is 127. The molecule has 1 saturated heterocycles. The molecule has 1 aliphatic rings. The number of amides is 1. The van der Waals surface area contributed by atoms with Crippen LogP contribution in [0.25, 0.3) is 0 Å². The molecule has 2 unspecified atom stereocenters. The fourth-order valence-corrected chi connectivity index (χ4v) is 4.10. The van der Waals surface area contributed by atoms with Crippen molar-refractivity contribution in [2.75, 3.05) is 33.8 Å². The molecule has 31 heavy (non-hydrogen) atoms. The number of carbonyl (C=O) groups is 1. The number of carbonyl (C=O) groups excluding carboxylic acids is 1. The quantitative estimate of drug-likeness (QED) is 0.308. The Hall–Kier alpha value is -1.65. The van der Waals surface area contributed by atoms with Gasteiger partial charge < -0.3 is 20.3 Å². The maximum atomic E-state index is 12.0. The molecule has 3 rings (SSSR count). The van der Waals surface area contributed by atoms with Gasteiger partial charge in [-0.1, -0.05) is 35.9 Å². The number of benzene rings is 1. The number of rotatable bonds is 7. The summed E-state index contributed by atoms with van der Waals surface area (Å²) < 4.78 is 6.14. The van der Waals surface area contributed by atoms with Crippen LogP contribution in [0.5, 0.6) is 0 Å². The zero-order chi connectivity index (χ0) is 21.3. The molecule has 2 atom stereocenters. The van der Waals surface area contributed by atoms with Gasteiger partial charge in [0.15, 0.2) is 5.96 Å². The van der Waals surface area contributed by atoms with Crippen molar-refractivity contribution in [3.05, 3.63) is 57.8 Å². The van der Waals surface area contributed by atoms with Crippen LogP contribution in [0.1, 0.15) is 34.9 Å². The lowest BCUT2D eigenvalue weighted by molar-refractivity contribution is -0.127. The van der Waals surface area contributed by atoms with Crippen molar-refractivity contribution in [2.24, 2.45) is 10.9 Å². The highest BCUT2D eigenvalue weighted by Crippen LogP contribution is 2.33. The molecule has 0 bridgehead atoms. The molecule has 2 N–H and O–H groups in total. The minimum absolute atomic E-state index is 0. The van der Waals surface area contributed by atoms with E-state index in [0.717, 1.165) is 26.0 Å². The molecule has 1 aromatic carbocycles. The van der Waals surface area contributed by atoms with Gasteiger partial charge in [0.2, 0.25) is 5.91 Å². The Morgan fingerprint density at radius 2 is 2.00 bits per heavy atom. The number of nitrogens with zero attached hydrogens (tertiary/aromatic N) is 2. The Balaban J connectivity index is 0.00000341. The van der Waals surface area contributed by atoms with E-state index in [4.69, 9.17) is 4.74 Å². The Labute approximate surface area is 206 Å². The molecule has 0 spiro atoms. The molecule has 6 nitrogen and oxygen atoms in total. The molecule has 8 heteroatoms. The van der Waals surface area contributed by atoms with Gasteiger partial charge in [0.1, 0.15) is 6.54 Å². The van der Waals surface area contributed by atoms with Gasteiger partial charge in [-0.3, -0.25) is 4.79 Å². The van der Waals surface area contributed by atoms with E-state index in [1.165, 1.54) is 16.0 Å². The van der Waals surface area contributed by atoms with Crippen LogP contribution in [0.4, 0.5) is 0 Å². The van der Waals surface area contributed by atoms with E-state index in [9.17, 15) is 4.79 Å². The zero-order valence-electron chi connectivity index (χ0n) is 18.5. The summed E-state index contributed by atoms with van der Waals surface area (Å²) in [7, 11) is 3.49. The van der Waals surface area contributed by atoms with Crippen molar-refractivity contribution in [3.8, 4) is 0 Å². The van der Waals surface area contributed by atoms with E-state index < -0.39 is 0 Å². The van der Waals surface area contributed by atoms with Crippen molar-refractivity contribution < 1.29 is 9.53 Å². The van der Waals surface area contributed by atoms with Gasteiger partial charge in [0.25, 0.3) is 0 Å². The molecule has 1 aliphatic heterocycles. The SMILES string of the molecule is Cc1ccc(C2OCCCC2CNC(=NCC(=O)N(C)C)NCc2cccs2)cc1.I. The summed E-state index contributed by atoms with van der Waals surface area (Å²) in [6.07, 6.45) is 2.23. The number of aliphatic imine (C=N–C) groups is 1. The second-order valence-corrected chi connectivity index (χ2v) is 8.90. The van der Waals surface area contributed by atoms with E-state index in [1.807, 2.05) is 6.07 Å². The zero-order valence-corrected chi connectivity index (χ0v) is 21.6. The molecule has 0 radical (unpaired) electrons. The first-order chi connectivity index (χ1) is 14.5. The van der Waals surface area contributed by atoms with Gasteiger partial charge in [-0.2, -0.15) is 0 Å². The maximum Gasteiger partial charge on any atom is 0.243 e. The first-order valence-electron chi connectivity index (χ1n) is 10.5. The van der Waals surface area contributed by atoms with E-state index in [2.05, 4.69) is 58.3 Å². The second-order valence-electron chi connectivity index (χ2n) is 7.87. The highest BCUT2D eigenvalue weighted by Gasteiger charge is 2.27. The summed E-state index contributed by atoms with van der Waals surface area (Å²) in [5.41, 5.74) is 2.47. The first kappa shape index (κ1) is 25.6. The number of guanidine groups is 1. The van der Waals surface area contributed by atoms with E-state index in [0.29, 0.717) is 18.4 Å². The Bertz CT molecular complexity index is 825. The van der Waals surface area contributed by atoms with Crippen LogP contribution in [-0.2, 0) is 16.1 Å². The largest absolute Gasteiger partial charge is 0.373 e. The summed E-state index contributed by atoms with van der Waals surface area (Å²) in [6, 6.07) is 12.7. The van der Waals surface area contributed by atoms with Crippen LogP contribution in [0.3, 0.4) is 0 Å². The van der Waals surface area contributed by atoms with Crippen LogP contribution in [0.2, 0.25) is 0 Å². The second kappa shape index (κ2) is 13.0. The monoisotopic (exact) mass is 556 g/mol. The Morgan fingerprint density at radius 3 is 2.68 bits per heavy atom. The lowest BCUT2D eigenvalue weighted by Crippen LogP contribution is -2.42. The molecule has 2 heterocycles. The number of likely N-dealkylation sites (N-methyl/N-ethyl adjacent to an activating group) is 1. The van der Waals surface area contributed by atoms with E-state index >= 15 is 0 Å². The van der Waals surface area contributed by atoms with E-state index in [-0.39, 0.29) is 42.5 Å². The van der Waals surface area contributed by atoms with Crippen LogP contribution in [0.15, 0.2) is 46.8 Å². The van der Waals surface area contributed by atoms with Gasteiger partial charge >= 0.3 is 0 Å². The summed E-state index contributed by atoms with van der Waals surface area (Å²) in [4.78, 5) is 19.3. The smallest absolute Gasteiger partial charge is 0.243 e. The fourth-order valence-electron chi connectivity index (χ4n) is 3.45. The van der Waals surface area contributed by atoms with Gasteiger partial charge in [-0.15, -0.1) is 35.3 Å². The number of ether oxygens (including phenoxy) is 1. The molecular weight excluding hydrogens is 523 g/mol. The van der Waals surface area contributed by atoms with Gasteiger partial charge in [-0.25, -0.2) is 4.99 Å². The summed E-state index contributed by atoms with van der Waals surface area (Å²) >= 11 is 1.70. The molecule has 1 aromatic heterocycles. The molecule has 170 valence electrons. The molecular formula is C23H33IN4O2S. The van der Waals surface area contributed by atoms with Gasteiger partial charge in [-0.05, 0) is 36.8 Å². The third-order valence-corrected chi connectivity index (χ3v) is 6.14. The average Bonchev–Trinajstić information content (AvgIpc) is 3.27. The number of hydrogen-bond acceptors (Lipinski definition) is 4. The lowest BCUT2D eigenvalue weighted by Gasteiger charge is -2.32. The van der Waals surface area contributed by atoms with Crippen molar-refractivity contribution in [3.63, 3.8) is 0 Å². The highest BCUT2D eigenvalue weighted by molar-refractivity contribution is 14.0. The predicted molar refractivity (Wildman–Crippen MR) is 138 cm³/mol.